The van der Waals surface area contributed by atoms with E-state index in [4.69, 9.17) is 18.9 Å². The Morgan fingerprint density at radius 3 is 2.35 bits per heavy atom. The van der Waals surface area contributed by atoms with Crippen molar-refractivity contribution in [3.05, 3.63) is 0 Å². The molecule has 0 radical (unpaired) electrons. The normalized spacial score (nSPS) is 24.5. The molecule has 0 unspecified atom stereocenters. The highest BCUT2D eigenvalue weighted by Gasteiger charge is 2.40. The van der Waals surface area contributed by atoms with Crippen molar-refractivity contribution in [2.75, 3.05) is 33.5 Å². The first kappa shape index (κ1) is 13.3. The van der Waals surface area contributed by atoms with Crippen molar-refractivity contribution >= 4 is 0 Å². The van der Waals surface area contributed by atoms with Crippen LogP contribution in [0.15, 0.2) is 0 Å². The first-order chi connectivity index (χ1) is 8.35. The molecule has 2 rings (SSSR count). The Bertz CT molecular complexity index is 203. The molecule has 0 amide bonds. The minimum Gasteiger partial charge on any atom is -0.385 e. The quantitative estimate of drug-likeness (QED) is 0.671. The van der Waals surface area contributed by atoms with Gasteiger partial charge in [-0.15, -0.1) is 0 Å². The van der Waals surface area contributed by atoms with Crippen molar-refractivity contribution in [2.45, 2.75) is 50.4 Å². The Kier molecular flexibility index (Phi) is 5.22. The van der Waals surface area contributed by atoms with Gasteiger partial charge in [-0.3, -0.25) is 0 Å². The van der Waals surface area contributed by atoms with Crippen LogP contribution in [-0.2, 0) is 18.9 Å². The number of rotatable bonds is 6. The lowest BCUT2D eigenvalue weighted by atomic mass is 9.92. The molecule has 0 aromatic rings. The monoisotopic (exact) mass is 244 g/mol. The van der Waals surface area contributed by atoms with Gasteiger partial charge in [0.15, 0.2) is 5.79 Å². The molecule has 0 aromatic carbocycles. The smallest absolute Gasteiger partial charge is 0.168 e. The van der Waals surface area contributed by atoms with Crippen LogP contribution in [0, 0.1) is 0 Å². The number of hydrogen-bond donors (Lipinski definition) is 0. The van der Waals surface area contributed by atoms with Gasteiger partial charge in [-0.1, -0.05) is 0 Å². The van der Waals surface area contributed by atoms with E-state index >= 15 is 0 Å². The van der Waals surface area contributed by atoms with Gasteiger partial charge < -0.3 is 18.9 Å². The van der Waals surface area contributed by atoms with Gasteiger partial charge in [-0.25, -0.2) is 0 Å². The summed E-state index contributed by atoms with van der Waals surface area (Å²) < 4.78 is 22.3. The Morgan fingerprint density at radius 1 is 1.06 bits per heavy atom. The third-order valence-electron chi connectivity index (χ3n) is 3.60. The van der Waals surface area contributed by atoms with Gasteiger partial charge in [0, 0.05) is 33.2 Å². The van der Waals surface area contributed by atoms with Crippen molar-refractivity contribution in [1.82, 2.24) is 0 Å². The summed E-state index contributed by atoms with van der Waals surface area (Å²) >= 11 is 0. The van der Waals surface area contributed by atoms with Crippen LogP contribution >= 0.6 is 0 Å². The molecule has 100 valence electrons. The topological polar surface area (TPSA) is 36.9 Å². The minimum absolute atomic E-state index is 0.254. The van der Waals surface area contributed by atoms with Crippen LogP contribution in [0.1, 0.15) is 38.5 Å². The highest BCUT2D eigenvalue weighted by molar-refractivity contribution is 4.82. The van der Waals surface area contributed by atoms with Gasteiger partial charge >= 0.3 is 0 Å². The van der Waals surface area contributed by atoms with E-state index in [-0.39, 0.29) is 5.79 Å². The zero-order valence-electron chi connectivity index (χ0n) is 10.8. The third kappa shape index (κ3) is 3.91. The van der Waals surface area contributed by atoms with Crippen molar-refractivity contribution in [2.24, 2.45) is 0 Å². The van der Waals surface area contributed by atoms with Crippen LogP contribution < -0.4 is 0 Å². The summed E-state index contributed by atoms with van der Waals surface area (Å²) in [6, 6.07) is 0. The summed E-state index contributed by atoms with van der Waals surface area (Å²) in [7, 11) is 1.74. The highest BCUT2D eigenvalue weighted by atomic mass is 16.7. The number of hydrogen-bond acceptors (Lipinski definition) is 4. The average molecular weight is 244 g/mol. The summed E-state index contributed by atoms with van der Waals surface area (Å²) in [5, 5.41) is 0. The molecule has 2 fully saturated rings. The Hall–Kier alpha value is -0.160. The van der Waals surface area contributed by atoms with E-state index in [0.29, 0.717) is 6.10 Å². The summed E-state index contributed by atoms with van der Waals surface area (Å²) in [4.78, 5) is 0. The molecule has 0 bridgehead atoms. The lowest BCUT2D eigenvalue weighted by molar-refractivity contribution is -0.191. The summed E-state index contributed by atoms with van der Waals surface area (Å²) in [5.74, 6) is -0.254. The molecule has 1 spiro atoms. The molecule has 4 nitrogen and oxygen atoms in total. The molecule has 2 aliphatic rings. The summed E-state index contributed by atoms with van der Waals surface area (Å²) in [5.41, 5.74) is 0. The fourth-order valence-electron chi connectivity index (χ4n) is 2.58. The first-order valence-electron chi connectivity index (χ1n) is 6.73. The van der Waals surface area contributed by atoms with E-state index in [0.717, 1.165) is 65.0 Å². The first-order valence-corrected chi connectivity index (χ1v) is 6.73. The maximum atomic E-state index is 5.87. The zero-order chi connectivity index (χ0) is 12.0. The van der Waals surface area contributed by atoms with E-state index < -0.39 is 0 Å². The third-order valence-corrected chi connectivity index (χ3v) is 3.60. The molecule has 1 heterocycles. The minimum atomic E-state index is -0.254. The SMILES string of the molecule is COCCCCOC1CCC2(CC1)OCCO2. The standard InChI is InChI=1S/C13H24O4/c1-14-8-2-3-9-15-12-4-6-13(7-5-12)16-10-11-17-13/h12H,2-11H2,1H3. The van der Waals surface area contributed by atoms with Crippen molar-refractivity contribution < 1.29 is 18.9 Å². The molecule has 0 aromatic heterocycles. The van der Waals surface area contributed by atoms with Gasteiger partial charge in [-0.05, 0) is 25.7 Å². The zero-order valence-corrected chi connectivity index (χ0v) is 10.8. The van der Waals surface area contributed by atoms with Crippen LogP contribution in [0.5, 0.6) is 0 Å². The van der Waals surface area contributed by atoms with Gasteiger partial charge in [0.05, 0.1) is 19.3 Å². The van der Waals surface area contributed by atoms with Gasteiger partial charge in [0.25, 0.3) is 0 Å². The maximum Gasteiger partial charge on any atom is 0.168 e. The van der Waals surface area contributed by atoms with E-state index in [1.807, 2.05) is 0 Å². The van der Waals surface area contributed by atoms with Crippen LogP contribution in [0.25, 0.3) is 0 Å². The molecule has 4 heteroatoms. The number of ether oxygens (including phenoxy) is 4. The number of unbranched alkanes of at least 4 members (excludes halogenated alkanes) is 1. The Balaban J connectivity index is 1.56. The average Bonchev–Trinajstić information content (AvgIpc) is 2.80. The van der Waals surface area contributed by atoms with E-state index in [1.165, 1.54) is 0 Å². The Labute approximate surface area is 104 Å². The predicted octanol–water partition coefficient (Wildman–Crippen LogP) is 2.12. The molecule has 1 aliphatic heterocycles. The molecule has 1 saturated carbocycles. The second-order valence-electron chi connectivity index (χ2n) is 4.88. The molecular weight excluding hydrogens is 220 g/mol. The second-order valence-corrected chi connectivity index (χ2v) is 4.88. The van der Waals surface area contributed by atoms with E-state index in [1.54, 1.807) is 7.11 Å². The highest BCUT2D eigenvalue weighted by Crippen LogP contribution is 2.36. The summed E-state index contributed by atoms with van der Waals surface area (Å²) in [6.07, 6.45) is 6.65. The molecule has 17 heavy (non-hydrogen) atoms. The van der Waals surface area contributed by atoms with Gasteiger partial charge in [0.2, 0.25) is 0 Å². The van der Waals surface area contributed by atoms with Crippen molar-refractivity contribution in [1.29, 1.82) is 0 Å². The molecule has 0 N–H and O–H groups in total. The van der Waals surface area contributed by atoms with Crippen LogP contribution in [0.3, 0.4) is 0 Å². The van der Waals surface area contributed by atoms with Crippen molar-refractivity contribution in [3.63, 3.8) is 0 Å². The second kappa shape index (κ2) is 6.69. The largest absolute Gasteiger partial charge is 0.385 e. The van der Waals surface area contributed by atoms with Crippen LogP contribution in [0.4, 0.5) is 0 Å². The Morgan fingerprint density at radius 2 is 1.71 bits per heavy atom. The maximum absolute atomic E-state index is 5.87. The molecule has 1 saturated heterocycles. The molecule has 1 aliphatic carbocycles. The molecule has 0 atom stereocenters. The van der Waals surface area contributed by atoms with Crippen LogP contribution in [-0.4, -0.2) is 45.4 Å². The number of methoxy groups -OCH3 is 1. The lowest BCUT2D eigenvalue weighted by Gasteiger charge is -2.35. The van der Waals surface area contributed by atoms with Gasteiger partial charge in [-0.2, -0.15) is 0 Å². The van der Waals surface area contributed by atoms with E-state index in [2.05, 4.69) is 0 Å². The van der Waals surface area contributed by atoms with E-state index in [9.17, 15) is 0 Å². The lowest BCUT2D eigenvalue weighted by Crippen LogP contribution is -2.37. The predicted molar refractivity (Wildman–Crippen MR) is 64.0 cm³/mol. The van der Waals surface area contributed by atoms with Crippen molar-refractivity contribution in [3.8, 4) is 0 Å². The summed E-state index contributed by atoms with van der Waals surface area (Å²) in [6.45, 7) is 3.19. The van der Waals surface area contributed by atoms with Crippen LogP contribution in [0.2, 0.25) is 0 Å². The fourth-order valence-corrected chi connectivity index (χ4v) is 2.58. The molecular formula is C13H24O4. The fraction of sp³-hybridized carbons (Fsp3) is 1.00. The van der Waals surface area contributed by atoms with Gasteiger partial charge in [0.1, 0.15) is 0 Å².